The molecule has 3 aromatic rings. The molecule has 0 fully saturated rings. The third-order valence-electron chi connectivity index (χ3n) is 5.66. The second-order valence-electron chi connectivity index (χ2n) is 8.33. The van der Waals surface area contributed by atoms with Crippen molar-refractivity contribution in [1.29, 1.82) is 0 Å². The number of benzene rings is 3. The number of anilines is 2. The molecule has 1 amide bonds. The topological polar surface area (TPSA) is 92.8 Å². The average Bonchev–Trinajstić information content (AvgIpc) is 3.19. The fourth-order valence-electron chi connectivity index (χ4n) is 4.03. The molecule has 0 aliphatic carbocycles. The lowest BCUT2D eigenvalue weighted by atomic mass is 10.1. The van der Waals surface area contributed by atoms with Crippen LogP contribution in [0.3, 0.4) is 0 Å². The van der Waals surface area contributed by atoms with Gasteiger partial charge in [-0.2, -0.15) is 13.2 Å². The number of hydrogen-bond acceptors (Lipinski definition) is 5. The van der Waals surface area contributed by atoms with Crippen molar-refractivity contribution in [2.45, 2.75) is 30.5 Å². The highest BCUT2D eigenvalue weighted by molar-refractivity contribution is 7.92. The molecule has 4 rings (SSSR count). The minimum Gasteiger partial charge on any atom is -0.452 e. The van der Waals surface area contributed by atoms with Gasteiger partial charge in [-0.05, 0) is 61.4 Å². The van der Waals surface area contributed by atoms with Crippen LogP contribution < -0.4 is 9.62 Å². The second kappa shape index (κ2) is 10.1. The highest BCUT2D eigenvalue weighted by Crippen LogP contribution is 2.37. The molecule has 0 aromatic heterocycles. The molecule has 0 bridgehead atoms. The summed E-state index contributed by atoms with van der Waals surface area (Å²) in [4.78, 5) is 24.5. The second-order valence-corrected chi connectivity index (χ2v) is 10.5. The van der Waals surface area contributed by atoms with Crippen LogP contribution >= 0.6 is 11.6 Å². The Morgan fingerprint density at radius 2 is 1.81 bits per heavy atom. The standard InChI is InChI=1S/C25H20ClF3N2O5S/c1-15-11-16-5-2-3-8-22(16)31(15)37(34,35)19-7-4-6-17(12-19)24(33)36-14-23(32)30-18-9-10-21(26)20(13-18)25(27,28)29/h2-10,12-13,15H,11,14H2,1H3,(H,30,32)/t15-/m1/s1. The number of ether oxygens (including phenoxy) is 1. The zero-order valence-electron chi connectivity index (χ0n) is 19.3. The van der Waals surface area contributed by atoms with E-state index in [9.17, 15) is 31.2 Å². The summed E-state index contributed by atoms with van der Waals surface area (Å²) in [6, 6.07) is 14.8. The predicted octanol–water partition coefficient (Wildman–Crippen LogP) is 5.29. The van der Waals surface area contributed by atoms with Crippen LogP contribution in [-0.2, 0) is 32.2 Å². The van der Waals surface area contributed by atoms with Gasteiger partial charge in [0.05, 0.1) is 26.7 Å². The number of carbonyl (C=O) groups excluding carboxylic acids is 2. The van der Waals surface area contributed by atoms with Crippen molar-refractivity contribution < 1.29 is 35.9 Å². The Labute approximate surface area is 215 Å². The molecule has 37 heavy (non-hydrogen) atoms. The van der Waals surface area contributed by atoms with Gasteiger partial charge in [-0.15, -0.1) is 0 Å². The highest BCUT2D eigenvalue weighted by Gasteiger charge is 2.36. The third-order valence-corrected chi connectivity index (χ3v) is 7.91. The Bertz CT molecular complexity index is 1480. The predicted molar refractivity (Wildman–Crippen MR) is 131 cm³/mol. The summed E-state index contributed by atoms with van der Waals surface area (Å²) in [7, 11) is -4.01. The molecule has 1 atom stereocenters. The van der Waals surface area contributed by atoms with Crippen molar-refractivity contribution in [3.8, 4) is 0 Å². The molecule has 0 saturated carbocycles. The number of amides is 1. The number of halogens is 4. The maximum atomic E-state index is 13.4. The number of hydrogen-bond donors (Lipinski definition) is 1. The molecule has 7 nitrogen and oxygen atoms in total. The number of nitrogens with one attached hydrogen (secondary N) is 1. The Morgan fingerprint density at radius 1 is 1.08 bits per heavy atom. The van der Waals surface area contributed by atoms with E-state index in [-0.39, 0.29) is 22.2 Å². The van der Waals surface area contributed by atoms with E-state index >= 15 is 0 Å². The number of nitrogens with zero attached hydrogens (tertiary/aromatic N) is 1. The Hall–Kier alpha value is -3.57. The van der Waals surface area contributed by atoms with Gasteiger partial charge in [-0.3, -0.25) is 9.10 Å². The smallest absolute Gasteiger partial charge is 0.417 e. The normalized spacial score (nSPS) is 15.3. The lowest BCUT2D eigenvalue weighted by Crippen LogP contribution is -2.35. The fourth-order valence-corrected chi connectivity index (χ4v) is 6.00. The number of sulfonamides is 1. The summed E-state index contributed by atoms with van der Waals surface area (Å²) < 4.78 is 72.1. The van der Waals surface area contributed by atoms with Crippen molar-refractivity contribution in [3.63, 3.8) is 0 Å². The van der Waals surface area contributed by atoms with Crippen molar-refractivity contribution in [2.24, 2.45) is 0 Å². The van der Waals surface area contributed by atoms with Gasteiger partial charge in [0.15, 0.2) is 6.61 Å². The van der Waals surface area contributed by atoms with Crippen LogP contribution in [0.4, 0.5) is 24.5 Å². The summed E-state index contributed by atoms with van der Waals surface area (Å²) in [5.41, 5.74) is 0.0291. The Balaban J connectivity index is 1.45. The van der Waals surface area contributed by atoms with Crippen molar-refractivity contribution in [2.75, 3.05) is 16.2 Å². The summed E-state index contributed by atoms with van der Waals surface area (Å²) in [5, 5.41) is 1.67. The molecular formula is C25H20ClF3N2O5S. The Morgan fingerprint density at radius 3 is 2.54 bits per heavy atom. The van der Waals surface area contributed by atoms with Gasteiger partial charge >= 0.3 is 12.1 Å². The first kappa shape index (κ1) is 26.5. The van der Waals surface area contributed by atoms with E-state index in [1.807, 2.05) is 12.1 Å². The molecule has 3 aromatic carbocycles. The van der Waals surface area contributed by atoms with Gasteiger partial charge in [-0.25, -0.2) is 13.2 Å². The van der Waals surface area contributed by atoms with E-state index in [0.29, 0.717) is 18.2 Å². The van der Waals surface area contributed by atoms with Gasteiger partial charge in [0, 0.05) is 11.7 Å². The van der Waals surface area contributed by atoms with Crippen molar-refractivity contribution in [1.82, 2.24) is 0 Å². The monoisotopic (exact) mass is 552 g/mol. The third kappa shape index (κ3) is 5.57. The van der Waals surface area contributed by atoms with E-state index in [1.54, 1.807) is 19.1 Å². The first-order valence-electron chi connectivity index (χ1n) is 10.9. The molecule has 0 radical (unpaired) electrons. The lowest BCUT2D eigenvalue weighted by Gasteiger charge is -2.24. The zero-order chi connectivity index (χ0) is 27.0. The van der Waals surface area contributed by atoms with Crippen LogP contribution in [0.5, 0.6) is 0 Å². The largest absolute Gasteiger partial charge is 0.452 e. The molecule has 0 spiro atoms. The molecule has 0 saturated heterocycles. The van der Waals surface area contributed by atoms with E-state index in [2.05, 4.69) is 5.32 Å². The molecule has 1 aliphatic rings. The molecule has 0 unspecified atom stereocenters. The van der Waals surface area contributed by atoms with Crippen LogP contribution in [0.25, 0.3) is 0 Å². The van der Waals surface area contributed by atoms with Crippen molar-refractivity contribution in [3.05, 3.63) is 88.4 Å². The van der Waals surface area contributed by atoms with Crippen LogP contribution in [-0.4, -0.2) is 32.9 Å². The maximum absolute atomic E-state index is 13.4. The van der Waals surface area contributed by atoms with Crippen LogP contribution in [0.2, 0.25) is 5.02 Å². The van der Waals surface area contributed by atoms with Crippen LogP contribution in [0.15, 0.2) is 71.6 Å². The zero-order valence-corrected chi connectivity index (χ0v) is 20.8. The number of alkyl halides is 3. The number of fused-ring (bicyclic) bond motifs is 1. The molecule has 12 heteroatoms. The molecule has 1 aliphatic heterocycles. The number of esters is 1. The summed E-state index contributed by atoms with van der Waals surface area (Å²) in [6.07, 6.45) is -4.17. The molecule has 1 N–H and O–H groups in total. The SMILES string of the molecule is C[C@@H]1Cc2ccccc2N1S(=O)(=O)c1cccc(C(=O)OCC(=O)Nc2ccc(Cl)c(C(F)(F)F)c2)c1. The maximum Gasteiger partial charge on any atom is 0.417 e. The first-order valence-corrected chi connectivity index (χ1v) is 12.8. The van der Waals surface area contributed by atoms with E-state index < -0.39 is 45.3 Å². The van der Waals surface area contributed by atoms with Crippen molar-refractivity contribution >= 4 is 44.9 Å². The lowest BCUT2D eigenvalue weighted by molar-refractivity contribution is -0.137. The number of rotatable bonds is 6. The quantitative estimate of drug-likeness (QED) is 0.419. The average molecular weight is 553 g/mol. The van der Waals surface area contributed by atoms with Gasteiger partial charge in [0.25, 0.3) is 15.9 Å². The highest BCUT2D eigenvalue weighted by atomic mass is 35.5. The van der Waals surface area contributed by atoms with Gasteiger partial charge in [0.2, 0.25) is 0 Å². The Kier molecular flexibility index (Phi) is 7.20. The number of para-hydroxylation sites is 1. The minimum absolute atomic E-state index is 0.111. The summed E-state index contributed by atoms with van der Waals surface area (Å²) in [5.74, 6) is -1.87. The van der Waals surface area contributed by atoms with Gasteiger partial charge in [0.1, 0.15) is 0 Å². The molecule has 1 heterocycles. The number of carbonyl (C=O) groups is 2. The van der Waals surface area contributed by atoms with E-state index in [1.165, 1.54) is 28.6 Å². The first-order chi connectivity index (χ1) is 17.4. The molecular weight excluding hydrogens is 533 g/mol. The van der Waals surface area contributed by atoms with E-state index in [4.69, 9.17) is 16.3 Å². The van der Waals surface area contributed by atoms with Crippen LogP contribution in [0.1, 0.15) is 28.4 Å². The van der Waals surface area contributed by atoms with Gasteiger partial charge in [-0.1, -0.05) is 35.9 Å². The minimum atomic E-state index is -4.72. The summed E-state index contributed by atoms with van der Waals surface area (Å²) in [6.45, 7) is 0.975. The summed E-state index contributed by atoms with van der Waals surface area (Å²) >= 11 is 5.56. The van der Waals surface area contributed by atoms with Gasteiger partial charge < -0.3 is 10.1 Å². The fraction of sp³-hybridized carbons (Fsp3) is 0.200. The molecule has 194 valence electrons. The van der Waals surface area contributed by atoms with Crippen LogP contribution in [0, 0.1) is 0 Å². The van der Waals surface area contributed by atoms with E-state index in [0.717, 1.165) is 17.7 Å².